The first-order chi connectivity index (χ1) is 11.2. The number of hydrogen-bond acceptors (Lipinski definition) is 4. The Hall–Kier alpha value is -0.945. The van der Waals surface area contributed by atoms with E-state index in [0.29, 0.717) is 10.9 Å². The maximum atomic E-state index is 14.4. The topological polar surface area (TPSA) is 30.9 Å². The lowest BCUT2D eigenvalue weighted by atomic mass is 9.76. The number of nitrogens with zero attached hydrogens (tertiary/aromatic N) is 1. The van der Waals surface area contributed by atoms with Crippen molar-refractivity contribution in [1.29, 1.82) is 0 Å². The van der Waals surface area contributed by atoms with Crippen LogP contribution in [0.1, 0.15) is 33.3 Å². The lowest BCUT2D eigenvalue weighted by Crippen LogP contribution is -2.65. The molecule has 3 heterocycles. The van der Waals surface area contributed by atoms with Crippen molar-refractivity contribution in [1.82, 2.24) is 4.90 Å². The molecule has 0 saturated carbocycles. The summed E-state index contributed by atoms with van der Waals surface area (Å²) >= 11 is 0. The van der Waals surface area contributed by atoms with Gasteiger partial charge in [-0.15, -0.1) is 0 Å². The molecule has 0 aromatic heterocycles. The van der Waals surface area contributed by atoms with Crippen LogP contribution in [-0.2, 0) is 20.6 Å². The van der Waals surface area contributed by atoms with Crippen molar-refractivity contribution in [2.24, 2.45) is 5.41 Å². The SMILES string of the molecule is CC1(C)OB(c2cc(CN3CC4(COC4)C3)ccc2F)OC1(C)C. The molecule has 0 bridgehead atoms. The van der Waals surface area contributed by atoms with Crippen molar-refractivity contribution in [3.63, 3.8) is 0 Å². The summed E-state index contributed by atoms with van der Waals surface area (Å²) in [6.07, 6.45) is 0. The van der Waals surface area contributed by atoms with Gasteiger partial charge in [-0.1, -0.05) is 12.1 Å². The van der Waals surface area contributed by atoms with Crippen molar-refractivity contribution in [2.75, 3.05) is 26.3 Å². The molecular formula is C18H25BFNO3. The van der Waals surface area contributed by atoms with Gasteiger partial charge in [-0.2, -0.15) is 0 Å². The van der Waals surface area contributed by atoms with Gasteiger partial charge in [-0.05, 0) is 39.3 Å². The van der Waals surface area contributed by atoms with E-state index in [0.717, 1.165) is 38.4 Å². The summed E-state index contributed by atoms with van der Waals surface area (Å²) in [7, 11) is -0.655. The van der Waals surface area contributed by atoms with Gasteiger partial charge in [0, 0.05) is 30.5 Å². The van der Waals surface area contributed by atoms with E-state index in [1.807, 2.05) is 39.8 Å². The molecule has 1 aromatic carbocycles. The molecule has 24 heavy (non-hydrogen) atoms. The Labute approximate surface area is 143 Å². The summed E-state index contributed by atoms with van der Waals surface area (Å²) in [4.78, 5) is 2.38. The molecule has 3 fully saturated rings. The van der Waals surface area contributed by atoms with Crippen molar-refractivity contribution in [3.8, 4) is 0 Å². The molecular weight excluding hydrogens is 308 g/mol. The van der Waals surface area contributed by atoms with Gasteiger partial charge in [-0.25, -0.2) is 4.39 Å². The first-order valence-corrected chi connectivity index (χ1v) is 8.64. The third-order valence-corrected chi connectivity index (χ3v) is 5.91. The van der Waals surface area contributed by atoms with Crippen molar-refractivity contribution in [3.05, 3.63) is 29.6 Å². The van der Waals surface area contributed by atoms with E-state index in [1.165, 1.54) is 6.07 Å². The van der Waals surface area contributed by atoms with Crippen LogP contribution in [0.5, 0.6) is 0 Å². The van der Waals surface area contributed by atoms with E-state index in [4.69, 9.17) is 14.0 Å². The summed E-state index contributed by atoms with van der Waals surface area (Å²) in [5, 5.41) is 0. The minimum atomic E-state index is -0.655. The molecule has 0 amide bonds. The number of halogens is 1. The molecule has 3 aliphatic rings. The lowest BCUT2D eigenvalue weighted by molar-refractivity contribution is -0.191. The summed E-state index contributed by atoms with van der Waals surface area (Å²) < 4.78 is 31.7. The van der Waals surface area contributed by atoms with E-state index in [9.17, 15) is 4.39 Å². The first-order valence-electron chi connectivity index (χ1n) is 8.64. The molecule has 1 aromatic rings. The highest BCUT2D eigenvalue weighted by Gasteiger charge is 2.52. The maximum Gasteiger partial charge on any atom is 0.497 e. The molecule has 3 aliphatic heterocycles. The number of likely N-dealkylation sites (tertiary alicyclic amines) is 1. The predicted molar refractivity (Wildman–Crippen MR) is 90.6 cm³/mol. The zero-order valence-electron chi connectivity index (χ0n) is 14.9. The molecule has 0 aliphatic carbocycles. The Morgan fingerprint density at radius 3 is 2.25 bits per heavy atom. The average Bonchev–Trinajstić information content (AvgIpc) is 2.61. The van der Waals surface area contributed by atoms with Crippen LogP contribution < -0.4 is 5.46 Å². The van der Waals surface area contributed by atoms with Gasteiger partial charge in [-0.3, -0.25) is 4.90 Å². The predicted octanol–water partition coefficient (Wildman–Crippen LogP) is 1.96. The summed E-state index contributed by atoms with van der Waals surface area (Å²) in [5.74, 6) is -0.273. The van der Waals surface area contributed by atoms with Crippen LogP contribution in [0.3, 0.4) is 0 Å². The molecule has 0 atom stereocenters. The minimum absolute atomic E-state index is 0.273. The fraction of sp³-hybridized carbons (Fsp3) is 0.667. The van der Waals surface area contributed by atoms with Crippen LogP contribution in [0, 0.1) is 11.2 Å². The van der Waals surface area contributed by atoms with Gasteiger partial charge in [0.25, 0.3) is 0 Å². The van der Waals surface area contributed by atoms with Crippen LogP contribution in [-0.4, -0.2) is 49.5 Å². The Bertz CT molecular complexity index is 636. The summed E-state index contributed by atoms with van der Waals surface area (Å²) in [6, 6.07) is 5.27. The van der Waals surface area contributed by atoms with Gasteiger partial charge in [0.05, 0.1) is 24.4 Å². The van der Waals surface area contributed by atoms with Gasteiger partial charge in [0.15, 0.2) is 0 Å². The first kappa shape index (κ1) is 16.5. The highest BCUT2D eigenvalue weighted by molar-refractivity contribution is 6.62. The highest BCUT2D eigenvalue weighted by Crippen LogP contribution is 2.39. The molecule has 0 N–H and O–H groups in total. The molecule has 1 spiro atoms. The fourth-order valence-electron chi connectivity index (χ4n) is 3.69. The second kappa shape index (κ2) is 5.27. The second-order valence-corrected chi connectivity index (χ2v) is 8.58. The molecule has 130 valence electrons. The van der Waals surface area contributed by atoms with Crippen LogP contribution in [0.15, 0.2) is 18.2 Å². The van der Waals surface area contributed by atoms with E-state index in [1.54, 1.807) is 0 Å². The standard InChI is InChI=1S/C18H25BFNO3/c1-16(2)17(3,4)24-19(23-16)14-7-13(5-6-15(14)20)8-21-9-18(10-21)11-22-12-18/h5-7H,8-12H2,1-4H3. The minimum Gasteiger partial charge on any atom is -0.399 e. The zero-order chi connectivity index (χ0) is 17.2. The van der Waals surface area contributed by atoms with Gasteiger partial charge < -0.3 is 14.0 Å². The Balaban J connectivity index is 1.48. The zero-order valence-corrected chi connectivity index (χ0v) is 14.9. The quantitative estimate of drug-likeness (QED) is 0.792. The maximum absolute atomic E-state index is 14.4. The van der Waals surface area contributed by atoms with Crippen LogP contribution in [0.25, 0.3) is 0 Å². The smallest absolute Gasteiger partial charge is 0.399 e. The third kappa shape index (κ3) is 2.60. The number of hydrogen-bond donors (Lipinski definition) is 0. The Kier molecular flexibility index (Phi) is 3.63. The van der Waals surface area contributed by atoms with Gasteiger partial charge in [0.2, 0.25) is 0 Å². The number of ether oxygens (including phenoxy) is 1. The molecule has 4 rings (SSSR count). The summed E-state index contributed by atoms with van der Waals surface area (Å²) in [5.41, 5.74) is 1.06. The average molecular weight is 333 g/mol. The number of rotatable bonds is 3. The fourth-order valence-corrected chi connectivity index (χ4v) is 3.69. The van der Waals surface area contributed by atoms with Crippen LogP contribution in [0.2, 0.25) is 0 Å². The third-order valence-electron chi connectivity index (χ3n) is 5.91. The molecule has 3 saturated heterocycles. The van der Waals surface area contributed by atoms with Crippen LogP contribution >= 0.6 is 0 Å². The Morgan fingerprint density at radius 2 is 1.71 bits per heavy atom. The van der Waals surface area contributed by atoms with Crippen molar-refractivity contribution >= 4 is 12.6 Å². The number of benzene rings is 1. The monoisotopic (exact) mass is 333 g/mol. The lowest BCUT2D eigenvalue weighted by Gasteiger charge is -2.55. The van der Waals surface area contributed by atoms with Gasteiger partial charge in [0.1, 0.15) is 5.82 Å². The van der Waals surface area contributed by atoms with E-state index < -0.39 is 18.3 Å². The van der Waals surface area contributed by atoms with Crippen molar-refractivity contribution in [2.45, 2.75) is 45.4 Å². The largest absolute Gasteiger partial charge is 0.497 e. The molecule has 0 unspecified atom stereocenters. The van der Waals surface area contributed by atoms with Crippen molar-refractivity contribution < 1.29 is 18.4 Å². The Morgan fingerprint density at radius 1 is 1.08 bits per heavy atom. The van der Waals surface area contributed by atoms with E-state index in [-0.39, 0.29) is 5.82 Å². The second-order valence-electron chi connectivity index (χ2n) is 8.58. The molecule has 6 heteroatoms. The van der Waals surface area contributed by atoms with Crippen LogP contribution in [0.4, 0.5) is 4.39 Å². The highest BCUT2D eigenvalue weighted by atomic mass is 19.1. The van der Waals surface area contributed by atoms with E-state index in [2.05, 4.69) is 4.90 Å². The van der Waals surface area contributed by atoms with E-state index >= 15 is 0 Å². The molecule has 4 nitrogen and oxygen atoms in total. The normalized spacial score (nSPS) is 27.1. The molecule has 0 radical (unpaired) electrons. The van der Waals surface area contributed by atoms with Gasteiger partial charge >= 0.3 is 7.12 Å². The summed E-state index contributed by atoms with van der Waals surface area (Å²) in [6.45, 7) is 12.6.